The van der Waals surface area contributed by atoms with E-state index in [2.05, 4.69) is 0 Å². The molecule has 5 nitrogen and oxygen atoms in total. The van der Waals surface area contributed by atoms with Gasteiger partial charge < -0.3 is 9.64 Å². The van der Waals surface area contributed by atoms with Crippen molar-refractivity contribution in [2.75, 3.05) is 18.8 Å². The van der Waals surface area contributed by atoms with E-state index in [1.165, 1.54) is 4.90 Å². The SMILES string of the molecule is O=C(OCc1ccccc1)N1CC[C@@H](CS(=O)(=O)Cl)C1. The molecule has 0 aromatic heterocycles. The molecule has 1 amide bonds. The molecule has 1 saturated heterocycles. The highest BCUT2D eigenvalue weighted by atomic mass is 35.7. The fraction of sp³-hybridized carbons (Fsp3) is 0.462. The van der Waals surface area contributed by atoms with Gasteiger partial charge >= 0.3 is 6.09 Å². The summed E-state index contributed by atoms with van der Waals surface area (Å²) in [6.07, 6.45) is 0.218. The number of nitrogens with zero attached hydrogens (tertiary/aromatic N) is 1. The second kappa shape index (κ2) is 6.45. The van der Waals surface area contributed by atoms with Crippen molar-refractivity contribution in [3.63, 3.8) is 0 Å². The molecule has 1 fully saturated rings. The maximum absolute atomic E-state index is 11.9. The Labute approximate surface area is 122 Å². The minimum atomic E-state index is -3.52. The van der Waals surface area contributed by atoms with Gasteiger partial charge in [-0.15, -0.1) is 0 Å². The zero-order chi connectivity index (χ0) is 14.6. The first kappa shape index (κ1) is 15.1. The summed E-state index contributed by atoms with van der Waals surface area (Å²) in [5.74, 6) is -0.210. The number of halogens is 1. The molecule has 0 aliphatic carbocycles. The molecular formula is C13H16ClNO4S. The minimum Gasteiger partial charge on any atom is -0.445 e. The van der Waals surface area contributed by atoms with Crippen LogP contribution in [0, 0.1) is 5.92 Å². The topological polar surface area (TPSA) is 63.7 Å². The largest absolute Gasteiger partial charge is 0.445 e. The molecule has 1 aromatic rings. The maximum Gasteiger partial charge on any atom is 0.410 e. The van der Waals surface area contributed by atoms with Crippen LogP contribution in [0.4, 0.5) is 4.79 Å². The van der Waals surface area contributed by atoms with E-state index in [9.17, 15) is 13.2 Å². The molecule has 1 aliphatic heterocycles. The maximum atomic E-state index is 11.9. The molecule has 0 spiro atoms. The fourth-order valence-electron chi connectivity index (χ4n) is 2.23. The quantitative estimate of drug-likeness (QED) is 0.799. The van der Waals surface area contributed by atoms with Gasteiger partial charge in [0.2, 0.25) is 9.05 Å². The van der Waals surface area contributed by atoms with Crippen molar-refractivity contribution in [3.05, 3.63) is 35.9 Å². The van der Waals surface area contributed by atoms with Gasteiger partial charge in [0, 0.05) is 23.8 Å². The summed E-state index contributed by atoms with van der Waals surface area (Å²) >= 11 is 0. The van der Waals surface area contributed by atoms with Gasteiger partial charge in [0.1, 0.15) is 6.61 Å². The summed E-state index contributed by atoms with van der Waals surface area (Å²) < 4.78 is 27.2. The van der Waals surface area contributed by atoms with Gasteiger partial charge in [0.15, 0.2) is 0 Å². The molecular weight excluding hydrogens is 302 g/mol. The van der Waals surface area contributed by atoms with Crippen molar-refractivity contribution >= 4 is 25.8 Å². The number of hydrogen-bond donors (Lipinski definition) is 0. The number of carbonyl (C=O) groups excluding carboxylic acids is 1. The molecule has 1 aromatic carbocycles. The van der Waals surface area contributed by atoms with Gasteiger partial charge in [-0.2, -0.15) is 0 Å². The normalized spacial score (nSPS) is 19.1. The Morgan fingerprint density at radius 3 is 2.70 bits per heavy atom. The predicted molar refractivity (Wildman–Crippen MR) is 75.9 cm³/mol. The molecule has 1 atom stereocenters. The lowest BCUT2D eigenvalue weighted by Gasteiger charge is -2.16. The molecule has 0 saturated carbocycles. The Kier molecular flexibility index (Phi) is 4.88. The van der Waals surface area contributed by atoms with E-state index >= 15 is 0 Å². The highest BCUT2D eigenvalue weighted by Gasteiger charge is 2.29. The van der Waals surface area contributed by atoms with E-state index in [1.807, 2.05) is 30.3 Å². The van der Waals surface area contributed by atoms with Gasteiger partial charge in [-0.25, -0.2) is 13.2 Å². The van der Waals surface area contributed by atoms with Crippen LogP contribution in [0.15, 0.2) is 30.3 Å². The number of amides is 1. The van der Waals surface area contributed by atoms with Crippen LogP contribution in [0.2, 0.25) is 0 Å². The second-order valence-electron chi connectivity index (χ2n) is 4.85. The van der Waals surface area contributed by atoms with E-state index in [4.69, 9.17) is 15.4 Å². The molecule has 20 heavy (non-hydrogen) atoms. The van der Waals surface area contributed by atoms with E-state index in [0.717, 1.165) is 5.56 Å². The summed E-state index contributed by atoms with van der Waals surface area (Å²) in [7, 11) is 1.70. The number of benzene rings is 1. The van der Waals surface area contributed by atoms with Crippen LogP contribution in [-0.4, -0.2) is 38.3 Å². The van der Waals surface area contributed by atoms with E-state index < -0.39 is 15.1 Å². The number of carbonyl (C=O) groups is 1. The van der Waals surface area contributed by atoms with Crippen LogP contribution < -0.4 is 0 Å². The van der Waals surface area contributed by atoms with Crippen molar-refractivity contribution in [1.29, 1.82) is 0 Å². The second-order valence-corrected chi connectivity index (χ2v) is 7.67. The Bertz CT molecular complexity index is 561. The zero-order valence-corrected chi connectivity index (χ0v) is 12.4. The third-order valence-electron chi connectivity index (χ3n) is 3.18. The third-order valence-corrected chi connectivity index (χ3v) is 4.43. The predicted octanol–water partition coefficient (Wildman–Crippen LogP) is 2.21. The first-order valence-corrected chi connectivity index (χ1v) is 8.80. The standard InChI is InChI=1S/C13H16ClNO4S/c14-20(17,18)10-12-6-7-15(8-12)13(16)19-9-11-4-2-1-3-5-11/h1-5,12H,6-10H2/t12-/m1/s1. The molecule has 110 valence electrons. The molecule has 1 heterocycles. The summed E-state index contributed by atoms with van der Waals surface area (Å²) in [6, 6.07) is 9.39. The lowest BCUT2D eigenvalue weighted by atomic mass is 10.2. The first-order valence-electron chi connectivity index (χ1n) is 6.32. The molecule has 0 N–H and O–H groups in total. The smallest absolute Gasteiger partial charge is 0.410 e. The number of ether oxygens (including phenoxy) is 1. The van der Waals surface area contributed by atoms with Crippen LogP contribution in [0.3, 0.4) is 0 Å². The Morgan fingerprint density at radius 2 is 2.05 bits per heavy atom. The average Bonchev–Trinajstić information content (AvgIpc) is 2.83. The minimum absolute atomic E-state index is 0.100. The molecule has 2 rings (SSSR count). The van der Waals surface area contributed by atoms with Crippen molar-refractivity contribution in [2.45, 2.75) is 13.0 Å². The Morgan fingerprint density at radius 1 is 1.35 bits per heavy atom. The summed E-state index contributed by atoms with van der Waals surface area (Å²) in [4.78, 5) is 13.4. The van der Waals surface area contributed by atoms with Crippen molar-refractivity contribution in [2.24, 2.45) is 5.92 Å². The van der Waals surface area contributed by atoms with Crippen molar-refractivity contribution < 1.29 is 17.9 Å². The van der Waals surface area contributed by atoms with Gasteiger partial charge in [-0.3, -0.25) is 0 Å². The number of likely N-dealkylation sites (tertiary alicyclic amines) is 1. The molecule has 7 heteroatoms. The fourth-order valence-corrected chi connectivity index (χ4v) is 3.60. The van der Waals surface area contributed by atoms with Gasteiger partial charge in [-0.05, 0) is 17.9 Å². The van der Waals surface area contributed by atoms with Crippen LogP contribution in [0.5, 0.6) is 0 Å². The lowest BCUT2D eigenvalue weighted by Crippen LogP contribution is -2.30. The van der Waals surface area contributed by atoms with Crippen LogP contribution in [0.25, 0.3) is 0 Å². The highest BCUT2D eigenvalue weighted by Crippen LogP contribution is 2.20. The third kappa shape index (κ3) is 4.68. The van der Waals surface area contributed by atoms with Crippen LogP contribution in [-0.2, 0) is 20.4 Å². The molecule has 0 bridgehead atoms. The van der Waals surface area contributed by atoms with Crippen molar-refractivity contribution in [1.82, 2.24) is 4.90 Å². The van der Waals surface area contributed by atoms with Gasteiger partial charge in [0.05, 0.1) is 5.75 Å². The van der Waals surface area contributed by atoms with E-state index in [-0.39, 0.29) is 18.3 Å². The van der Waals surface area contributed by atoms with E-state index in [1.54, 1.807) is 0 Å². The van der Waals surface area contributed by atoms with Crippen LogP contribution in [0.1, 0.15) is 12.0 Å². The van der Waals surface area contributed by atoms with Crippen LogP contribution >= 0.6 is 10.7 Å². The molecule has 0 unspecified atom stereocenters. The summed E-state index contributed by atoms with van der Waals surface area (Å²) in [5, 5.41) is 0. The van der Waals surface area contributed by atoms with Gasteiger partial charge in [0.25, 0.3) is 0 Å². The van der Waals surface area contributed by atoms with Gasteiger partial charge in [-0.1, -0.05) is 30.3 Å². The summed E-state index contributed by atoms with van der Waals surface area (Å²) in [5.41, 5.74) is 0.917. The van der Waals surface area contributed by atoms with Crippen molar-refractivity contribution in [3.8, 4) is 0 Å². The Balaban J connectivity index is 1.80. The zero-order valence-electron chi connectivity index (χ0n) is 10.9. The van der Waals surface area contributed by atoms with E-state index in [0.29, 0.717) is 19.5 Å². The highest BCUT2D eigenvalue weighted by molar-refractivity contribution is 8.13. The first-order chi connectivity index (χ1) is 9.44. The Hall–Kier alpha value is -1.27. The summed E-state index contributed by atoms with van der Waals surface area (Å²) in [6.45, 7) is 1.10. The number of hydrogen-bond acceptors (Lipinski definition) is 4. The average molecular weight is 318 g/mol. The molecule has 0 radical (unpaired) electrons. The monoisotopic (exact) mass is 317 g/mol. The lowest BCUT2D eigenvalue weighted by molar-refractivity contribution is 0.103. The molecule has 1 aliphatic rings. The number of rotatable bonds is 4.